The smallest absolute Gasteiger partial charge is 0.310 e. The SMILES string of the molecule is C=CCCCOC(=O)[C@H]1[C@@H]2SC3(CC2Br)C(C(=O)N(CC=C)c2ccccc2Cl)N([C@@H](CC)CO)C(=O)[C@H]13. The van der Waals surface area contributed by atoms with Crippen LogP contribution in [0.15, 0.2) is 49.6 Å². The number of allylic oxidation sites excluding steroid dienone is 1. The zero-order valence-electron chi connectivity index (χ0n) is 21.4. The number of halogens is 2. The van der Waals surface area contributed by atoms with Crippen molar-refractivity contribution in [2.45, 2.75) is 59.5 Å². The number of benzene rings is 1. The lowest BCUT2D eigenvalue weighted by molar-refractivity contribution is -0.154. The number of unbranched alkanes of at least 4 members (excludes halogenated alkanes) is 1. The van der Waals surface area contributed by atoms with Crippen LogP contribution in [0.1, 0.15) is 32.6 Å². The monoisotopic (exact) mass is 624 g/mol. The van der Waals surface area contributed by atoms with E-state index < -0.39 is 34.6 Å². The maximum Gasteiger partial charge on any atom is 0.310 e. The highest BCUT2D eigenvalue weighted by Gasteiger charge is 2.76. The van der Waals surface area contributed by atoms with E-state index in [1.165, 1.54) is 0 Å². The van der Waals surface area contributed by atoms with Crippen LogP contribution in [-0.4, -0.2) is 74.5 Å². The standard InChI is InChI=1S/C28H34BrClN2O5S/c1-4-7-10-14-37-27(36)21-22-25(34)32(17(6-3)16-33)24(28(22)15-18(29)23(21)38-28)26(35)31(13-5-2)20-12-9-8-11-19(20)30/h4-5,8-9,11-12,17-18,21-24,33H,1-2,6-7,10,13-16H2,3H3/t17-,18?,21+,22-,23+,24?,28?/m0/s1. The zero-order valence-corrected chi connectivity index (χ0v) is 24.6. The molecule has 7 atom stereocenters. The highest BCUT2D eigenvalue weighted by atomic mass is 79.9. The van der Waals surface area contributed by atoms with Crippen LogP contribution in [-0.2, 0) is 19.1 Å². The summed E-state index contributed by atoms with van der Waals surface area (Å²) < 4.78 is 4.78. The van der Waals surface area contributed by atoms with Crippen molar-refractivity contribution in [3.05, 3.63) is 54.6 Å². The molecular formula is C28H34BrClN2O5S. The number of para-hydroxylation sites is 1. The fourth-order valence-electron chi connectivity index (χ4n) is 6.17. The van der Waals surface area contributed by atoms with E-state index in [4.69, 9.17) is 16.3 Å². The second kappa shape index (κ2) is 12.1. The molecule has 0 aliphatic carbocycles. The Labute approximate surface area is 241 Å². The Morgan fingerprint density at radius 3 is 2.74 bits per heavy atom. The predicted octanol–water partition coefficient (Wildman–Crippen LogP) is 4.60. The summed E-state index contributed by atoms with van der Waals surface area (Å²) in [5.74, 6) is -2.38. The first-order valence-electron chi connectivity index (χ1n) is 13.0. The van der Waals surface area contributed by atoms with Gasteiger partial charge in [0.15, 0.2) is 0 Å². The largest absolute Gasteiger partial charge is 0.465 e. The summed E-state index contributed by atoms with van der Waals surface area (Å²) in [6, 6.07) is 5.61. The van der Waals surface area contributed by atoms with Crippen LogP contribution in [0.5, 0.6) is 0 Å². The molecule has 3 aliphatic rings. The molecule has 206 valence electrons. The Morgan fingerprint density at radius 1 is 1.37 bits per heavy atom. The maximum atomic E-state index is 14.5. The molecule has 3 fully saturated rings. The lowest BCUT2D eigenvalue weighted by atomic mass is 9.71. The van der Waals surface area contributed by atoms with Gasteiger partial charge in [0, 0.05) is 16.6 Å². The van der Waals surface area contributed by atoms with E-state index in [1.807, 2.05) is 6.92 Å². The number of ether oxygens (including phenoxy) is 1. The molecule has 2 bridgehead atoms. The van der Waals surface area contributed by atoms with Gasteiger partial charge in [-0.15, -0.1) is 24.9 Å². The molecule has 38 heavy (non-hydrogen) atoms. The van der Waals surface area contributed by atoms with E-state index in [-0.39, 0.29) is 41.6 Å². The van der Waals surface area contributed by atoms with Crippen molar-refractivity contribution < 1.29 is 24.2 Å². The summed E-state index contributed by atoms with van der Waals surface area (Å²) in [5.41, 5.74) is 0.523. The van der Waals surface area contributed by atoms with Gasteiger partial charge in [-0.25, -0.2) is 0 Å². The predicted molar refractivity (Wildman–Crippen MR) is 155 cm³/mol. The molecule has 0 radical (unpaired) electrons. The second-order valence-electron chi connectivity index (χ2n) is 9.94. The molecule has 0 aromatic heterocycles. The third-order valence-electron chi connectivity index (χ3n) is 7.83. The number of carbonyl (C=O) groups excluding carboxylic acids is 3. The highest BCUT2D eigenvalue weighted by molar-refractivity contribution is 9.09. The first-order chi connectivity index (χ1) is 18.3. The zero-order chi connectivity index (χ0) is 27.6. The van der Waals surface area contributed by atoms with Crippen LogP contribution >= 0.6 is 39.3 Å². The van der Waals surface area contributed by atoms with E-state index in [2.05, 4.69) is 29.1 Å². The number of alkyl halides is 1. The van der Waals surface area contributed by atoms with E-state index in [0.717, 1.165) is 6.42 Å². The van der Waals surface area contributed by atoms with Gasteiger partial charge < -0.3 is 19.6 Å². The van der Waals surface area contributed by atoms with Gasteiger partial charge in [-0.1, -0.05) is 58.7 Å². The average molecular weight is 626 g/mol. The van der Waals surface area contributed by atoms with E-state index >= 15 is 0 Å². The van der Waals surface area contributed by atoms with Crippen molar-refractivity contribution in [3.63, 3.8) is 0 Å². The normalized spacial score (nSPS) is 30.2. The molecule has 1 spiro atoms. The Hall–Kier alpha value is -1.81. The Bertz CT molecular complexity index is 1100. The minimum absolute atomic E-state index is 0.0695. The number of aliphatic hydroxyl groups excluding tert-OH is 1. The molecule has 0 saturated carbocycles. The number of thioether (sulfide) groups is 1. The molecule has 4 rings (SSSR count). The van der Waals surface area contributed by atoms with E-state index in [0.29, 0.717) is 30.0 Å². The number of esters is 1. The minimum atomic E-state index is -0.887. The quantitative estimate of drug-likeness (QED) is 0.158. The van der Waals surface area contributed by atoms with E-state index in [1.54, 1.807) is 58.0 Å². The topological polar surface area (TPSA) is 87.2 Å². The van der Waals surface area contributed by atoms with Crippen LogP contribution in [0.3, 0.4) is 0 Å². The Balaban J connectivity index is 1.77. The van der Waals surface area contributed by atoms with Gasteiger partial charge in [0.05, 0.1) is 46.5 Å². The first-order valence-corrected chi connectivity index (χ1v) is 15.1. The molecule has 2 amide bonds. The number of aliphatic hydroxyl groups is 1. The van der Waals surface area contributed by atoms with Crippen molar-refractivity contribution in [2.75, 3.05) is 24.7 Å². The van der Waals surface area contributed by atoms with Gasteiger partial charge in [0.2, 0.25) is 5.91 Å². The molecule has 3 saturated heterocycles. The summed E-state index contributed by atoms with van der Waals surface area (Å²) in [4.78, 5) is 45.1. The molecule has 7 nitrogen and oxygen atoms in total. The third-order valence-corrected chi connectivity index (χ3v) is 11.4. The van der Waals surface area contributed by atoms with Crippen LogP contribution in [0, 0.1) is 11.8 Å². The number of hydrogen-bond donors (Lipinski definition) is 1. The second-order valence-corrected chi connectivity index (χ2v) is 13.1. The first kappa shape index (κ1) is 29.2. The maximum absolute atomic E-state index is 14.5. The average Bonchev–Trinajstić information content (AvgIpc) is 3.50. The fourth-order valence-corrected chi connectivity index (χ4v) is 9.99. The van der Waals surface area contributed by atoms with Gasteiger partial charge in [-0.3, -0.25) is 14.4 Å². The molecule has 3 aliphatic heterocycles. The Morgan fingerprint density at radius 2 is 2.11 bits per heavy atom. The molecular weight excluding hydrogens is 592 g/mol. The highest BCUT2D eigenvalue weighted by Crippen LogP contribution is 2.68. The number of rotatable bonds is 12. The number of carbonyl (C=O) groups is 3. The molecule has 1 aromatic carbocycles. The Kier molecular flexibility index (Phi) is 9.33. The van der Waals surface area contributed by atoms with Gasteiger partial charge in [-0.2, -0.15) is 0 Å². The van der Waals surface area contributed by atoms with Crippen molar-refractivity contribution >= 4 is 62.8 Å². The molecule has 3 unspecified atom stereocenters. The van der Waals surface area contributed by atoms with Gasteiger partial charge in [0.25, 0.3) is 5.91 Å². The summed E-state index contributed by atoms with van der Waals surface area (Å²) in [7, 11) is 0. The summed E-state index contributed by atoms with van der Waals surface area (Å²) in [6.45, 7) is 9.56. The number of hydrogen-bond acceptors (Lipinski definition) is 6. The summed E-state index contributed by atoms with van der Waals surface area (Å²) >= 11 is 11.8. The molecule has 3 heterocycles. The van der Waals surface area contributed by atoms with Gasteiger partial charge in [-0.05, 0) is 37.8 Å². The fraction of sp³-hybridized carbons (Fsp3) is 0.536. The van der Waals surface area contributed by atoms with Gasteiger partial charge >= 0.3 is 5.97 Å². The number of amides is 2. The number of fused-ring (bicyclic) bond motifs is 1. The van der Waals surface area contributed by atoms with Crippen LogP contribution < -0.4 is 4.90 Å². The number of anilines is 1. The van der Waals surface area contributed by atoms with Crippen LogP contribution in [0.4, 0.5) is 5.69 Å². The van der Waals surface area contributed by atoms with E-state index in [9.17, 15) is 19.5 Å². The molecule has 10 heteroatoms. The number of likely N-dealkylation sites (tertiary alicyclic amines) is 1. The van der Waals surface area contributed by atoms with Gasteiger partial charge in [0.1, 0.15) is 6.04 Å². The number of nitrogens with zero attached hydrogens (tertiary/aromatic N) is 2. The lowest BCUT2D eigenvalue weighted by Crippen LogP contribution is -2.58. The van der Waals surface area contributed by atoms with Crippen molar-refractivity contribution in [3.8, 4) is 0 Å². The molecule has 1 N–H and O–H groups in total. The van der Waals surface area contributed by atoms with Crippen molar-refractivity contribution in [2.24, 2.45) is 11.8 Å². The van der Waals surface area contributed by atoms with Crippen LogP contribution in [0.2, 0.25) is 5.02 Å². The third kappa shape index (κ3) is 4.84. The molecule has 1 aromatic rings. The minimum Gasteiger partial charge on any atom is -0.465 e. The van der Waals surface area contributed by atoms with Crippen LogP contribution in [0.25, 0.3) is 0 Å². The lowest BCUT2D eigenvalue weighted by Gasteiger charge is -2.39. The van der Waals surface area contributed by atoms with Crippen molar-refractivity contribution in [1.29, 1.82) is 0 Å². The summed E-state index contributed by atoms with van der Waals surface area (Å²) in [6.07, 6.45) is 5.78. The summed E-state index contributed by atoms with van der Waals surface area (Å²) in [5, 5.41) is 10.5. The van der Waals surface area contributed by atoms with Crippen molar-refractivity contribution in [1.82, 2.24) is 4.90 Å².